The maximum atomic E-state index is 12.9. The van der Waals surface area contributed by atoms with Gasteiger partial charge in [-0.1, -0.05) is 48.5 Å². The molecule has 0 atom stereocenters. The molecule has 3 aromatic rings. The van der Waals surface area contributed by atoms with Gasteiger partial charge >= 0.3 is 0 Å². The topological polar surface area (TPSA) is 96.7 Å². The minimum absolute atomic E-state index is 0.156. The molecule has 0 bridgehead atoms. The number of nitrogens with one attached hydrogen (secondary N) is 2. The van der Waals surface area contributed by atoms with Gasteiger partial charge in [-0.25, -0.2) is 0 Å². The van der Waals surface area contributed by atoms with E-state index >= 15 is 0 Å². The van der Waals surface area contributed by atoms with Crippen LogP contribution in [0.4, 0.5) is 11.4 Å². The number of nitrogen functional groups attached to an aromatic ring is 1. The van der Waals surface area contributed by atoms with Gasteiger partial charge in [0.25, 0.3) is 5.91 Å². The number of likely N-dealkylation sites (tertiary alicyclic amines) is 1. The Morgan fingerprint density at radius 3 is 2.49 bits per heavy atom. The van der Waals surface area contributed by atoms with Crippen LogP contribution in [0.15, 0.2) is 78.9 Å². The van der Waals surface area contributed by atoms with Crippen molar-refractivity contribution < 1.29 is 14.3 Å². The number of amides is 2. The largest absolute Gasteiger partial charge is 0.496 e. The zero-order valence-corrected chi connectivity index (χ0v) is 21.2. The summed E-state index contributed by atoms with van der Waals surface area (Å²) in [7, 11) is 1.53. The van der Waals surface area contributed by atoms with E-state index in [0.717, 1.165) is 38.0 Å². The predicted octanol–water partition coefficient (Wildman–Crippen LogP) is 4.57. The van der Waals surface area contributed by atoms with Gasteiger partial charge in [0.2, 0.25) is 5.91 Å². The summed E-state index contributed by atoms with van der Waals surface area (Å²) in [5, 5.41) is 5.83. The standard InChI is InChI=1S/C30H34N4O3/c1-37-28-19-22(12-14-29(35)33-27-10-6-5-9-26(27)31)11-13-25(28)30(36)32-20-23-15-17-34(18-16-23)21-24-7-3-2-4-8-24/h2-14,19,23H,15-18,20-21,31H2,1H3,(H,32,36)(H,33,35). The Morgan fingerprint density at radius 1 is 1.03 bits per heavy atom. The average Bonchev–Trinajstić information content (AvgIpc) is 2.93. The number of methoxy groups -OCH3 is 1. The lowest BCUT2D eigenvalue weighted by Gasteiger charge is -2.32. The molecule has 7 heteroatoms. The van der Waals surface area contributed by atoms with E-state index < -0.39 is 0 Å². The molecule has 37 heavy (non-hydrogen) atoms. The molecule has 0 aliphatic carbocycles. The Bertz CT molecular complexity index is 1230. The number of carbonyl (C=O) groups excluding carboxylic acids is 2. The Balaban J connectivity index is 1.27. The first-order valence-corrected chi connectivity index (χ1v) is 12.6. The molecular formula is C30H34N4O3. The number of para-hydroxylation sites is 2. The second kappa shape index (κ2) is 12.7. The van der Waals surface area contributed by atoms with Crippen molar-refractivity contribution in [2.75, 3.05) is 37.8 Å². The molecule has 1 aliphatic heterocycles. The number of rotatable bonds is 9. The Labute approximate surface area is 218 Å². The summed E-state index contributed by atoms with van der Waals surface area (Å²) in [6, 6.07) is 22.9. The third-order valence-corrected chi connectivity index (χ3v) is 6.62. The van der Waals surface area contributed by atoms with Crippen molar-refractivity contribution in [1.82, 2.24) is 10.2 Å². The second-order valence-electron chi connectivity index (χ2n) is 9.28. The van der Waals surface area contributed by atoms with Gasteiger partial charge in [-0.3, -0.25) is 14.5 Å². The SMILES string of the molecule is COc1cc(C=CC(=O)Nc2ccccc2N)ccc1C(=O)NCC1CCN(Cc2ccccc2)CC1. The molecule has 2 amide bonds. The van der Waals surface area contributed by atoms with Crippen LogP contribution >= 0.6 is 0 Å². The molecule has 3 aromatic carbocycles. The van der Waals surface area contributed by atoms with E-state index in [0.29, 0.717) is 35.2 Å². The van der Waals surface area contributed by atoms with Gasteiger partial charge in [0, 0.05) is 19.2 Å². The summed E-state index contributed by atoms with van der Waals surface area (Å²) in [6.45, 7) is 3.68. The van der Waals surface area contributed by atoms with Crippen molar-refractivity contribution in [3.05, 3.63) is 95.6 Å². The van der Waals surface area contributed by atoms with Gasteiger partial charge in [0.1, 0.15) is 5.75 Å². The van der Waals surface area contributed by atoms with Crippen molar-refractivity contribution in [3.63, 3.8) is 0 Å². The molecule has 4 N–H and O–H groups in total. The highest BCUT2D eigenvalue weighted by molar-refractivity contribution is 6.03. The summed E-state index contributed by atoms with van der Waals surface area (Å²) < 4.78 is 5.47. The Kier molecular flexibility index (Phi) is 8.94. The molecular weight excluding hydrogens is 464 g/mol. The van der Waals surface area contributed by atoms with Crippen LogP contribution in [0.2, 0.25) is 0 Å². The van der Waals surface area contributed by atoms with Crippen LogP contribution in [0.5, 0.6) is 5.75 Å². The van der Waals surface area contributed by atoms with Gasteiger partial charge in [-0.2, -0.15) is 0 Å². The number of ether oxygens (including phenoxy) is 1. The normalized spacial score (nSPS) is 14.4. The highest BCUT2D eigenvalue weighted by Gasteiger charge is 2.21. The maximum absolute atomic E-state index is 12.9. The number of nitrogens with zero attached hydrogens (tertiary/aromatic N) is 1. The lowest BCUT2D eigenvalue weighted by molar-refractivity contribution is -0.111. The monoisotopic (exact) mass is 498 g/mol. The summed E-state index contributed by atoms with van der Waals surface area (Å²) in [5.41, 5.74) is 9.48. The number of anilines is 2. The molecule has 1 heterocycles. The first kappa shape index (κ1) is 26.0. The third kappa shape index (κ3) is 7.44. The molecule has 1 aliphatic rings. The smallest absolute Gasteiger partial charge is 0.255 e. The fraction of sp³-hybridized carbons (Fsp3) is 0.267. The second-order valence-corrected chi connectivity index (χ2v) is 9.28. The molecule has 7 nitrogen and oxygen atoms in total. The summed E-state index contributed by atoms with van der Waals surface area (Å²) in [5.74, 6) is 0.469. The Hall–Kier alpha value is -4.10. The van der Waals surface area contributed by atoms with Crippen LogP contribution < -0.4 is 21.1 Å². The molecule has 1 saturated heterocycles. The predicted molar refractivity (Wildman–Crippen MR) is 148 cm³/mol. The number of nitrogens with two attached hydrogens (primary N) is 1. The van der Waals surface area contributed by atoms with Crippen LogP contribution in [-0.2, 0) is 11.3 Å². The van der Waals surface area contributed by atoms with Crippen molar-refractivity contribution in [2.45, 2.75) is 19.4 Å². The van der Waals surface area contributed by atoms with Crippen molar-refractivity contribution in [1.29, 1.82) is 0 Å². The van der Waals surface area contributed by atoms with E-state index in [-0.39, 0.29) is 11.8 Å². The number of carbonyl (C=O) groups is 2. The first-order valence-electron chi connectivity index (χ1n) is 12.6. The molecule has 1 fully saturated rings. The molecule has 0 unspecified atom stereocenters. The number of hydrogen-bond donors (Lipinski definition) is 3. The van der Waals surface area contributed by atoms with E-state index in [9.17, 15) is 9.59 Å². The molecule has 0 spiro atoms. The van der Waals surface area contributed by atoms with Gasteiger partial charge in [0.05, 0.1) is 24.0 Å². The highest BCUT2D eigenvalue weighted by atomic mass is 16.5. The van der Waals surface area contributed by atoms with Gasteiger partial charge in [-0.05, 0) is 73.3 Å². The van der Waals surface area contributed by atoms with Gasteiger partial charge in [-0.15, -0.1) is 0 Å². The average molecular weight is 499 g/mol. The van der Waals surface area contributed by atoms with Crippen LogP contribution in [0, 0.1) is 5.92 Å². The molecule has 0 saturated carbocycles. The maximum Gasteiger partial charge on any atom is 0.255 e. The minimum atomic E-state index is -0.298. The highest BCUT2D eigenvalue weighted by Crippen LogP contribution is 2.23. The Morgan fingerprint density at radius 2 is 1.76 bits per heavy atom. The summed E-state index contributed by atoms with van der Waals surface area (Å²) in [4.78, 5) is 27.6. The van der Waals surface area contributed by atoms with Crippen LogP contribution in [-0.4, -0.2) is 43.5 Å². The molecule has 0 aromatic heterocycles. The van der Waals surface area contributed by atoms with Crippen LogP contribution in [0.1, 0.15) is 34.3 Å². The molecule has 0 radical (unpaired) electrons. The van der Waals surface area contributed by atoms with Gasteiger partial charge < -0.3 is 21.1 Å². The summed E-state index contributed by atoms with van der Waals surface area (Å²) in [6.07, 6.45) is 5.21. The van der Waals surface area contributed by atoms with E-state index in [1.54, 1.807) is 48.5 Å². The fourth-order valence-electron chi connectivity index (χ4n) is 4.48. The van der Waals surface area contributed by atoms with Crippen LogP contribution in [0.3, 0.4) is 0 Å². The summed E-state index contributed by atoms with van der Waals surface area (Å²) >= 11 is 0. The zero-order valence-electron chi connectivity index (χ0n) is 21.2. The lowest BCUT2D eigenvalue weighted by Crippen LogP contribution is -2.38. The lowest BCUT2D eigenvalue weighted by atomic mass is 9.96. The van der Waals surface area contributed by atoms with E-state index in [2.05, 4.69) is 39.8 Å². The van der Waals surface area contributed by atoms with E-state index in [1.165, 1.54) is 18.7 Å². The number of hydrogen-bond acceptors (Lipinski definition) is 5. The first-order chi connectivity index (χ1) is 18.0. The van der Waals surface area contributed by atoms with E-state index in [1.807, 2.05) is 6.07 Å². The number of benzene rings is 3. The number of piperidine rings is 1. The van der Waals surface area contributed by atoms with Crippen molar-refractivity contribution >= 4 is 29.3 Å². The quantitative estimate of drug-likeness (QED) is 0.297. The van der Waals surface area contributed by atoms with E-state index in [4.69, 9.17) is 10.5 Å². The third-order valence-electron chi connectivity index (χ3n) is 6.62. The molecule has 192 valence electrons. The zero-order chi connectivity index (χ0) is 26.0. The van der Waals surface area contributed by atoms with Crippen molar-refractivity contribution in [2.24, 2.45) is 5.92 Å². The van der Waals surface area contributed by atoms with Crippen molar-refractivity contribution in [3.8, 4) is 5.75 Å². The molecule has 4 rings (SSSR count). The van der Waals surface area contributed by atoms with Crippen LogP contribution in [0.25, 0.3) is 6.08 Å². The van der Waals surface area contributed by atoms with Gasteiger partial charge in [0.15, 0.2) is 0 Å². The fourth-order valence-corrected chi connectivity index (χ4v) is 4.48. The minimum Gasteiger partial charge on any atom is -0.496 e.